The van der Waals surface area contributed by atoms with Crippen molar-refractivity contribution in [3.8, 4) is 39.1 Å². The van der Waals surface area contributed by atoms with Gasteiger partial charge < -0.3 is 14.4 Å². The molecule has 11 aromatic carbocycles. The largest absolute Gasteiger partial charge is 0.323 e. The number of hydrogen-bond acceptors (Lipinski definition) is 2. The molecule has 0 bridgehead atoms. The maximum Gasteiger partial charge on any atom is 0.122 e. The molecule has 0 amide bonds. The lowest BCUT2D eigenvalue weighted by Crippen LogP contribution is -2.44. The minimum absolute atomic E-state index is 0.789. The Kier molecular flexibility index (Phi) is 10.1. The Hall–Kier alpha value is -9.18. The summed E-state index contributed by atoms with van der Waals surface area (Å²) in [6.45, 7) is 0. The molecule has 0 radical (unpaired) electrons. The van der Waals surface area contributed by atoms with E-state index in [1.54, 1.807) is 0 Å². The van der Waals surface area contributed by atoms with Gasteiger partial charge in [0, 0.05) is 44.9 Å². The molecule has 1 aromatic heterocycles. The maximum absolute atomic E-state index is 2.59. The number of aromatic nitrogens is 1. The number of benzene rings is 11. The van der Waals surface area contributed by atoms with Gasteiger partial charge in [0.25, 0.3) is 0 Å². The molecule has 1 aliphatic carbocycles. The molecule has 1 unspecified atom stereocenters. The summed E-state index contributed by atoms with van der Waals surface area (Å²) in [4.78, 5) is 5.02. The van der Waals surface area contributed by atoms with Crippen molar-refractivity contribution in [2.75, 3.05) is 9.80 Å². The molecule has 3 nitrogen and oxygen atoms in total. The van der Waals surface area contributed by atoms with E-state index < -0.39 is 5.54 Å². The number of hydrogen-bond donors (Lipinski definition) is 0. The highest BCUT2D eigenvalue weighted by atomic mass is 15.2. The molecule has 330 valence electrons. The molecule has 0 N–H and O–H groups in total. The number of rotatable bonds is 10. The number of para-hydroxylation sites is 3. The van der Waals surface area contributed by atoms with Crippen LogP contribution in [-0.2, 0) is 5.54 Å². The van der Waals surface area contributed by atoms with Crippen LogP contribution in [0.1, 0.15) is 16.7 Å². The summed E-state index contributed by atoms with van der Waals surface area (Å²) < 4.78 is 2.44. The Morgan fingerprint density at radius 3 is 1.53 bits per heavy atom. The third kappa shape index (κ3) is 6.74. The van der Waals surface area contributed by atoms with Crippen LogP contribution >= 0.6 is 0 Å². The molecule has 12 aromatic rings. The lowest BCUT2D eigenvalue weighted by molar-refractivity contribution is 0.644. The van der Waals surface area contributed by atoms with Gasteiger partial charge in [-0.3, -0.25) is 0 Å². The average molecular weight is 894 g/mol. The molecular weight excluding hydrogens is 847 g/mol. The minimum Gasteiger partial charge on any atom is -0.323 e. The van der Waals surface area contributed by atoms with Crippen LogP contribution in [-0.4, -0.2) is 4.57 Å². The first-order chi connectivity index (χ1) is 34.7. The topological polar surface area (TPSA) is 11.4 Å². The van der Waals surface area contributed by atoms with Gasteiger partial charge in [0.2, 0.25) is 0 Å². The Balaban J connectivity index is 1.06. The van der Waals surface area contributed by atoms with E-state index in [4.69, 9.17) is 0 Å². The Morgan fingerprint density at radius 2 is 0.800 bits per heavy atom. The van der Waals surface area contributed by atoms with Crippen molar-refractivity contribution < 1.29 is 0 Å². The number of fused-ring (bicyclic) bond motifs is 6. The van der Waals surface area contributed by atoms with Gasteiger partial charge in [0.05, 0.1) is 11.0 Å². The van der Waals surface area contributed by atoms with E-state index in [1.165, 1.54) is 60.8 Å². The van der Waals surface area contributed by atoms with Crippen molar-refractivity contribution in [1.29, 1.82) is 0 Å². The summed E-state index contributed by atoms with van der Waals surface area (Å²) in [7, 11) is 0. The van der Waals surface area contributed by atoms with Crippen molar-refractivity contribution >= 4 is 50.2 Å². The standard InChI is InChI=1S/C67H47N3/c1-6-22-48(23-7-1)50-26-20-34-55(44-50)69-65-39-19-17-37-61(65)62-43-41-57(47-66(62)69)68(53-30-12-4-13-31-53)56-40-42-60-59-36-16-18-38-63(59)67(64(60)46-56,52-28-10-3-11-29-52)70(54-32-14-5-15-33-54)58-35-21-27-51(45-58)49-24-8-2-9-25-49/h1-47H. The Labute approximate surface area is 409 Å². The zero-order chi connectivity index (χ0) is 46.4. The van der Waals surface area contributed by atoms with E-state index in [1.807, 2.05) is 0 Å². The zero-order valence-corrected chi connectivity index (χ0v) is 38.5. The Bertz CT molecular complexity index is 3830. The zero-order valence-electron chi connectivity index (χ0n) is 38.5. The second-order valence-corrected chi connectivity index (χ2v) is 18.1. The monoisotopic (exact) mass is 893 g/mol. The molecule has 70 heavy (non-hydrogen) atoms. The SMILES string of the molecule is c1ccc(-c2cccc(N(c3ccccc3)C3(c4ccccc4)c4ccccc4-c4ccc(N(c5ccccc5)c5ccc6c7ccccc7n(-c7cccc(-c8ccccc8)c7)c6c5)cc43)c2)cc1. The fourth-order valence-electron chi connectivity index (χ4n) is 11.2. The molecule has 0 saturated heterocycles. The molecule has 1 atom stereocenters. The highest BCUT2D eigenvalue weighted by molar-refractivity contribution is 6.10. The highest BCUT2D eigenvalue weighted by Crippen LogP contribution is 2.59. The fraction of sp³-hybridized carbons (Fsp3) is 0.0149. The van der Waals surface area contributed by atoms with Gasteiger partial charge in [0.15, 0.2) is 0 Å². The third-order valence-electron chi connectivity index (χ3n) is 14.2. The molecule has 0 spiro atoms. The normalized spacial score (nSPS) is 13.8. The van der Waals surface area contributed by atoms with E-state index in [9.17, 15) is 0 Å². The van der Waals surface area contributed by atoms with Gasteiger partial charge in [-0.1, -0.05) is 206 Å². The van der Waals surface area contributed by atoms with Gasteiger partial charge in [-0.25, -0.2) is 0 Å². The first kappa shape index (κ1) is 41.0. The number of anilines is 5. The average Bonchev–Trinajstić information content (AvgIpc) is 3.92. The van der Waals surface area contributed by atoms with Crippen LogP contribution in [0, 0.1) is 0 Å². The molecule has 13 rings (SSSR count). The van der Waals surface area contributed by atoms with Crippen molar-refractivity contribution in [3.05, 3.63) is 302 Å². The summed E-state index contributed by atoms with van der Waals surface area (Å²) in [5.41, 5.74) is 18.8. The minimum atomic E-state index is -0.789. The predicted octanol–water partition coefficient (Wildman–Crippen LogP) is 17.7. The predicted molar refractivity (Wildman–Crippen MR) is 293 cm³/mol. The van der Waals surface area contributed by atoms with Crippen LogP contribution in [0.4, 0.5) is 28.4 Å². The molecule has 3 heteroatoms. The van der Waals surface area contributed by atoms with Crippen LogP contribution in [0.3, 0.4) is 0 Å². The summed E-state index contributed by atoms with van der Waals surface area (Å²) in [6, 6.07) is 104. The van der Waals surface area contributed by atoms with Gasteiger partial charge in [0.1, 0.15) is 5.54 Å². The van der Waals surface area contributed by atoms with Crippen molar-refractivity contribution in [3.63, 3.8) is 0 Å². The molecule has 0 aliphatic heterocycles. The second kappa shape index (κ2) is 17.2. The summed E-state index contributed by atoms with van der Waals surface area (Å²) in [6.07, 6.45) is 0. The maximum atomic E-state index is 2.59. The fourth-order valence-corrected chi connectivity index (χ4v) is 11.2. The van der Waals surface area contributed by atoms with Gasteiger partial charge in [-0.15, -0.1) is 0 Å². The van der Waals surface area contributed by atoms with Crippen LogP contribution in [0.5, 0.6) is 0 Å². The van der Waals surface area contributed by atoms with E-state index in [-0.39, 0.29) is 0 Å². The van der Waals surface area contributed by atoms with E-state index >= 15 is 0 Å². The summed E-state index contributed by atoms with van der Waals surface area (Å²) in [5.74, 6) is 0. The van der Waals surface area contributed by atoms with Gasteiger partial charge in [-0.2, -0.15) is 0 Å². The quantitative estimate of drug-likeness (QED) is 0.136. The van der Waals surface area contributed by atoms with Crippen LogP contribution < -0.4 is 9.80 Å². The molecule has 1 aliphatic rings. The molecule has 0 saturated carbocycles. The lowest BCUT2D eigenvalue weighted by Gasteiger charge is -2.45. The summed E-state index contributed by atoms with van der Waals surface area (Å²) in [5, 5.41) is 2.43. The second-order valence-electron chi connectivity index (χ2n) is 18.1. The third-order valence-corrected chi connectivity index (χ3v) is 14.2. The van der Waals surface area contributed by atoms with Gasteiger partial charge >= 0.3 is 0 Å². The first-order valence-electron chi connectivity index (χ1n) is 24.1. The van der Waals surface area contributed by atoms with Crippen molar-refractivity contribution in [2.24, 2.45) is 0 Å². The highest BCUT2D eigenvalue weighted by Gasteiger charge is 2.50. The lowest BCUT2D eigenvalue weighted by atomic mass is 9.78. The van der Waals surface area contributed by atoms with Crippen LogP contribution in [0.25, 0.3) is 60.9 Å². The smallest absolute Gasteiger partial charge is 0.122 e. The Morgan fingerprint density at radius 1 is 0.286 bits per heavy atom. The first-order valence-corrected chi connectivity index (χ1v) is 24.1. The summed E-state index contributed by atoms with van der Waals surface area (Å²) >= 11 is 0. The van der Waals surface area contributed by atoms with E-state index in [2.05, 4.69) is 299 Å². The van der Waals surface area contributed by atoms with E-state index in [0.29, 0.717) is 0 Å². The van der Waals surface area contributed by atoms with E-state index in [0.717, 1.165) is 45.2 Å². The van der Waals surface area contributed by atoms with Crippen molar-refractivity contribution in [2.45, 2.75) is 5.54 Å². The molecular formula is C67H47N3. The van der Waals surface area contributed by atoms with Crippen LogP contribution in [0.2, 0.25) is 0 Å². The number of nitrogens with zero attached hydrogens (tertiary/aromatic N) is 3. The van der Waals surface area contributed by atoms with Gasteiger partial charge in [-0.05, 0) is 129 Å². The molecule has 0 fully saturated rings. The van der Waals surface area contributed by atoms with Crippen LogP contribution in [0.15, 0.2) is 285 Å². The van der Waals surface area contributed by atoms with Crippen molar-refractivity contribution in [1.82, 2.24) is 4.57 Å². The molecule has 1 heterocycles.